The molecule has 0 bridgehead atoms. The van der Waals surface area contributed by atoms with Gasteiger partial charge in [-0.1, -0.05) is 25.3 Å². The summed E-state index contributed by atoms with van der Waals surface area (Å²) < 4.78 is 24.5. The molecule has 9 heteroatoms. The minimum atomic E-state index is -0.750. The van der Waals surface area contributed by atoms with Crippen LogP contribution in [0.15, 0.2) is 36.4 Å². The van der Waals surface area contributed by atoms with Gasteiger partial charge < -0.3 is 20.4 Å². The molecule has 1 amide bonds. The molecule has 3 N–H and O–H groups in total. The molecule has 2 saturated carbocycles. The van der Waals surface area contributed by atoms with Crippen molar-refractivity contribution in [2.24, 2.45) is 11.1 Å². The highest BCUT2D eigenvalue weighted by Crippen LogP contribution is 2.65. The van der Waals surface area contributed by atoms with E-state index in [1.54, 1.807) is 14.0 Å². The van der Waals surface area contributed by atoms with Crippen molar-refractivity contribution in [3.63, 3.8) is 0 Å². The Hall–Kier alpha value is -3.30. The zero-order chi connectivity index (χ0) is 28.4. The number of ether oxygens (including phenoxy) is 1. The number of ketones is 1. The largest absolute Gasteiger partial charge is 0.497 e. The number of carbonyl (C=O) groups excluding carboxylic acids is 2. The van der Waals surface area contributed by atoms with E-state index in [0.29, 0.717) is 18.0 Å². The fraction of sp³-hybridized carbons (Fsp3) is 0.484. The number of Topliss-reactive ketones (excluding diaryl/α,β-unsaturated/α-hetero) is 1. The van der Waals surface area contributed by atoms with E-state index in [4.69, 9.17) is 18.9 Å². The molecule has 2 atom stereocenters. The number of nitrogens with two attached hydrogens (primary N) is 1. The number of amides is 1. The van der Waals surface area contributed by atoms with Crippen LogP contribution in [0.25, 0.3) is 22.2 Å². The molecule has 2 aliphatic heterocycles. The number of methoxy groups -OCH3 is 1. The summed E-state index contributed by atoms with van der Waals surface area (Å²) in [5.74, 6) is 1.33. The van der Waals surface area contributed by atoms with Crippen LogP contribution >= 0.6 is 0 Å². The number of benzene rings is 2. The van der Waals surface area contributed by atoms with Crippen LogP contribution in [-0.2, 0) is 22.9 Å². The standard InChI is InChI=1S/C28H30N2O3.C3H7N.O2S.H2/c1-16(31)28-14-23(28)22-13-19(33-2)9-11-20(22)26-25(17-6-4-3-5-7-17)21-10-8-18(27(29)32)12-24(21)30(26)15-28;1-2-4-3-1;1-3-2;/h8-13,17,23H,3-7,14-15H2,1-2H3,(H2,29,32);4H,1-3H2;;1H. The number of aromatic nitrogens is 1. The SMILES string of the molecule is C1CNC1.COc1ccc2c(c1)C1CC1(C(C)=O)Cn1c-2c(C2CCCCC2)c2ccc(C(N)=O)cc21.O=S=O.[HH]. The molecule has 2 aromatic carbocycles. The van der Waals surface area contributed by atoms with Gasteiger partial charge in [0.05, 0.1) is 18.2 Å². The molecule has 40 heavy (non-hydrogen) atoms. The fourth-order valence-electron chi connectivity index (χ4n) is 6.81. The summed E-state index contributed by atoms with van der Waals surface area (Å²) in [5, 5.41) is 4.31. The molecule has 214 valence electrons. The number of nitrogens with one attached hydrogen (secondary N) is 1. The van der Waals surface area contributed by atoms with Crippen LogP contribution in [-0.4, -0.2) is 44.9 Å². The van der Waals surface area contributed by atoms with Gasteiger partial charge in [0.2, 0.25) is 5.91 Å². The van der Waals surface area contributed by atoms with Crippen LogP contribution in [0.2, 0.25) is 0 Å². The summed E-state index contributed by atoms with van der Waals surface area (Å²) in [7, 11) is 1.69. The number of nitrogens with zero attached hydrogens (tertiary/aromatic N) is 1. The summed E-state index contributed by atoms with van der Waals surface area (Å²) in [4.78, 5) is 25.0. The maximum absolute atomic E-state index is 13.0. The summed E-state index contributed by atoms with van der Waals surface area (Å²) in [6.45, 7) is 4.87. The highest BCUT2D eigenvalue weighted by Gasteiger charge is 2.61. The van der Waals surface area contributed by atoms with Gasteiger partial charge >= 0.3 is 11.6 Å². The first-order chi connectivity index (χ1) is 19.4. The van der Waals surface area contributed by atoms with E-state index in [1.807, 2.05) is 18.2 Å². The molecule has 7 rings (SSSR count). The second-order valence-corrected chi connectivity index (χ2v) is 11.5. The van der Waals surface area contributed by atoms with Crippen molar-refractivity contribution >= 4 is 34.2 Å². The second-order valence-electron chi connectivity index (χ2n) is 11.4. The van der Waals surface area contributed by atoms with Crippen LogP contribution < -0.4 is 15.8 Å². The molecule has 1 aromatic heterocycles. The monoisotopic (exact) mass is 565 g/mol. The molecule has 8 nitrogen and oxygen atoms in total. The number of fused-ring (bicyclic) bond motifs is 7. The first-order valence-corrected chi connectivity index (χ1v) is 14.8. The van der Waals surface area contributed by atoms with E-state index in [0.717, 1.165) is 17.7 Å². The Balaban J connectivity index is 0.000000432. The van der Waals surface area contributed by atoms with Crippen molar-refractivity contribution < 1.29 is 24.2 Å². The molecule has 4 aliphatic rings. The van der Waals surface area contributed by atoms with Crippen LogP contribution in [0.4, 0.5) is 0 Å². The Labute approximate surface area is 239 Å². The molecule has 3 fully saturated rings. The quantitative estimate of drug-likeness (QED) is 0.454. The van der Waals surface area contributed by atoms with Crippen molar-refractivity contribution in [2.45, 2.75) is 70.3 Å². The van der Waals surface area contributed by atoms with Gasteiger partial charge in [-0.2, -0.15) is 8.42 Å². The average Bonchev–Trinajstić information content (AvgIpc) is 3.59. The maximum Gasteiger partial charge on any atom is 0.335 e. The van der Waals surface area contributed by atoms with Crippen LogP contribution in [0, 0.1) is 5.41 Å². The highest BCUT2D eigenvalue weighted by molar-refractivity contribution is 7.51. The Bertz CT molecular complexity index is 1480. The van der Waals surface area contributed by atoms with Crippen molar-refractivity contribution in [2.75, 3.05) is 20.2 Å². The van der Waals surface area contributed by atoms with E-state index in [9.17, 15) is 9.59 Å². The Morgan fingerprint density at radius 3 is 2.33 bits per heavy atom. The van der Waals surface area contributed by atoms with Crippen molar-refractivity contribution in [1.29, 1.82) is 0 Å². The van der Waals surface area contributed by atoms with Crippen LogP contribution in [0.5, 0.6) is 5.75 Å². The van der Waals surface area contributed by atoms with Crippen LogP contribution in [0.1, 0.15) is 86.6 Å². The summed E-state index contributed by atoms with van der Waals surface area (Å²) >= 11 is -0.750. The average molecular weight is 566 g/mol. The molecule has 3 heterocycles. The number of primary amides is 1. The number of hydrogen-bond donors (Lipinski definition) is 2. The van der Waals surface area contributed by atoms with E-state index in [1.165, 1.54) is 79.4 Å². The lowest BCUT2D eigenvalue weighted by Crippen LogP contribution is -2.29. The van der Waals surface area contributed by atoms with Gasteiger partial charge in [-0.05, 0) is 99.0 Å². The summed E-state index contributed by atoms with van der Waals surface area (Å²) in [5.41, 5.74) is 11.8. The third-order valence-electron chi connectivity index (χ3n) is 9.21. The van der Waals surface area contributed by atoms with Crippen molar-refractivity contribution in [1.82, 2.24) is 9.88 Å². The fourth-order valence-corrected chi connectivity index (χ4v) is 6.81. The number of hydrogen-bond acceptors (Lipinski definition) is 6. The maximum atomic E-state index is 13.0. The second kappa shape index (κ2) is 11.7. The van der Waals surface area contributed by atoms with Gasteiger partial charge in [0.15, 0.2) is 0 Å². The van der Waals surface area contributed by atoms with Crippen LogP contribution in [0.3, 0.4) is 0 Å². The van der Waals surface area contributed by atoms with Gasteiger partial charge in [-0.3, -0.25) is 9.59 Å². The molecule has 2 aliphatic carbocycles. The van der Waals surface area contributed by atoms with Gasteiger partial charge in [-0.25, -0.2) is 0 Å². The van der Waals surface area contributed by atoms with Gasteiger partial charge in [0.25, 0.3) is 0 Å². The van der Waals surface area contributed by atoms with E-state index >= 15 is 0 Å². The summed E-state index contributed by atoms with van der Waals surface area (Å²) in [6, 6.07) is 12.2. The third kappa shape index (κ3) is 5.01. The van der Waals surface area contributed by atoms with Gasteiger partial charge in [-0.15, -0.1) is 0 Å². The van der Waals surface area contributed by atoms with E-state index < -0.39 is 22.9 Å². The molecule has 3 aromatic rings. The predicted molar refractivity (Wildman–Crippen MR) is 157 cm³/mol. The lowest BCUT2D eigenvalue weighted by Gasteiger charge is -2.24. The Kier molecular flexibility index (Phi) is 8.24. The zero-order valence-electron chi connectivity index (χ0n) is 23.2. The minimum Gasteiger partial charge on any atom is -0.497 e. The first kappa shape index (κ1) is 28.2. The molecular formula is C31H39N3O5S. The van der Waals surface area contributed by atoms with E-state index in [-0.39, 0.29) is 13.1 Å². The Morgan fingerprint density at radius 1 is 1.07 bits per heavy atom. The topological polar surface area (TPSA) is 120 Å². The van der Waals surface area contributed by atoms with E-state index in [2.05, 4.69) is 28.1 Å². The predicted octanol–water partition coefficient (Wildman–Crippen LogP) is 5.10. The number of rotatable bonds is 4. The molecule has 2 unspecified atom stereocenters. The lowest BCUT2D eigenvalue weighted by molar-refractivity contribution is -0.122. The molecule has 0 spiro atoms. The Morgan fingerprint density at radius 2 is 1.75 bits per heavy atom. The van der Waals surface area contributed by atoms with Crippen molar-refractivity contribution in [3.05, 3.63) is 53.1 Å². The molecule has 0 radical (unpaired) electrons. The normalized spacial score (nSPS) is 22.4. The molecular weight excluding hydrogens is 526 g/mol. The summed E-state index contributed by atoms with van der Waals surface area (Å²) in [6.07, 6.45) is 8.37. The molecule has 1 saturated heterocycles. The highest BCUT2D eigenvalue weighted by atomic mass is 32.1. The van der Waals surface area contributed by atoms with Gasteiger partial charge in [0.1, 0.15) is 11.5 Å². The van der Waals surface area contributed by atoms with Crippen molar-refractivity contribution in [3.8, 4) is 17.0 Å². The van der Waals surface area contributed by atoms with Gasteiger partial charge in [0, 0.05) is 30.0 Å². The number of carbonyl (C=O) groups is 2. The zero-order valence-corrected chi connectivity index (χ0v) is 24.0. The first-order valence-electron chi connectivity index (χ1n) is 14.1. The lowest BCUT2D eigenvalue weighted by atomic mass is 9.81. The smallest absolute Gasteiger partial charge is 0.335 e. The third-order valence-corrected chi connectivity index (χ3v) is 9.21. The minimum absolute atomic E-state index is 0.